The summed E-state index contributed by atoms with van der Waals surface area (Å²) in [4.78, 5) is 4.37. The second kappa shape index (κ2) is 4.46. The molecule has 1 aliphatic rings. The van der Waals surface area contributed by atoms with E-state index in [0.717, 1.165) is 17.9 Å². The van der Waals surface area contributed by atoms with Crippen molar-refractivity contribution < 1.29 is 8.78 Å². The van der Waals surface area contributed by atoms with Crippen LogP contribution in [0.5, 0.6) is 0 Å². The molecule has 1 aromatic rings. The first-order valence-electron chi connectivity index (χ1n) is 5.02. The average Bonchev–Trinajstić information content (AvgIpc) is 2.52. The van der Waals surface area contributed by atoms with Gasteiger partial charge in [0, 0.05) is 11.8 Å². The molecule has 2 nitrogen and oxygen atoms in total. The molecule has 0 saturated carbocycles. The Hall–Kier alpha value is -0.810. The molecular weight excluding hydrogens is 266 g/mol. The highest BCUT2D eigenvalue weighted by Crippen LogP contribution is 2.31. The first-order valence-corrected chi connectivity index (χ1v) is 6.38. The van der Waals surface area contributed by atoms with Gasteiger partial charge < -0.3 is 5.32 Å². The van der Waals surface area contributed by atoms with Crippen LogP contribution in [-0.2, 0) is 0 Å². The highest BCUT2D eigenvalue weighted by Gasteiger charge is 2.26. The molecule has 0 spiro atoms. The van der Waals surface area contributed by atoms with Crippen LogP contribution in [0.2, 0.25) is 5.02 Å². The smallest absolute Gasteiger partial charge is 0.161 e. The summed E-state index contributed by atoms with van der Waals surface area (Å²) in [7, 11) is 0. The van der Waals surface area contributed by atoms with Crippen molar-refractivity contribution in [1.29, 1.82) is 0 Å². The van der Waals surface area contributed by atoms with Crippen LogP contribution >= 0.6 is 23.4 Å². The van der Waals surface area contributed by atoms with E-state index in [1.54, 1.807) is 0 Å². The molecule has 0 bridgehead atoms. The Morgan fingerprint density at radius 1 is 1.41 bits per heavy atom. The van der Waals surface area contributed by atoms with E-state index in [2.05, 4.69) is 10.3 Å². The number of nitrogens with one attached hydrogen (secondary N) is 1. The second-order valence-corrected chi connectivity index (χ2v) is 5.76. The summed E-state index contributed by atoms with van der Waals surface area (Å²) in [5.74, 6) is -0.599. The molecule has 1 aliphatic heterocycles. The molecule has 0 saturated heterocycles. The van der Waals surface area contributed by atoms with Crippen molar-refractivity contribution in [1.82, 2.24) is 0 Å². The molecule has 1 aromatic carbocycles. The minimum atomic E-state index is -0.719. The van der Waals surface area contributed by atoms with Gasteiger partial charge in [-0.2, -0.15) is 0 Å². The van der Waals surface area contributed by atoms with E-state index in [-0.39, 0.29) is 16.2 Å². The first-order chi connectivity index (χ1) is 7.87. The van der Waals surface area contributed by atoms with Crippen LogP contribution in [0.4, 0.5) is 14.5 Å². The lowest BCUT2D eigenvalue weighted by Crippen LogP contribution is -2.15. The molecule has 0 amide bonds. The second-order valence-electron chi connectivity index (χ2n) is 4.39. The first kappa shape index (κ1) is 12.6. The van der Waals surface area contributed by atoms with E-state index in [1.807, 2.05) is 13.8 Å². The van der Waals surface area contributed by atoms with Crippen molar-refractivity contribution >= 4 is 34.2 Å². The zero-order valence-electron chi connectivity index (χ0n) is 9.35. The summed E-state index contributed by atoms with van der Waals surface area (Å²) in [6.07, 6.45) is 0. The van der Waals surface area contributed by atoms with Gasteiger partial charge >= 0.3 is 0 Å². The third-order valence-electron chi connectivity index (χ3n) is 2.21. The third kappa shape index (κ3) is 2.90. The number of aliphatic imine (C=N–C) groups is 1. The summed E-state index contributed by atoms with van der Waals surface area (Å²) < 4.78 is 26.4. The summed E-state index contributed by atoms with van der Waals surface area (Å²) >= 11 is 7.26. The fourth-order valence-corrected chi connectivity index (χ4v) is 2.70. The maximum Gasteiger partial charge on any atom is 0.161 e. The average molecular weight is 277 g/mol. The normalized spacial score (nSPS) is 18.1. The molecule has 0 radical (unpaired) electrons. The zero-order valence-corrected chi connectivity index (χ0v) is 10.9. The summed E-state index contributed by atoms with van der Waals surface area (Å²) in [6, 6.07) is 1.86. The SMILES string of the molecule is CC1(C)CSC(Nc2c(F)cc(F)cc2Cl)=N1. The Morgan fingerprint density at radius 2 is 2.12 bits per heavy atom. The van der Waals surface area contributed by atoms with E-state index in [1.165, 1.54) is 11.8 Å². The van der Waals surface area contributed by atoms with Gasteiger partial charge in [0.05, 0.1) is 16.2 Å². The molecule has 17 heavy (non-hydrogen) atoms. The van der Waals surface area contributed by atoms with Crippen LogP contribution in [0.15, 0.2) is 17.1 Å². The summed E-state index contributed by atoms with van der Waals surface area (Å²) in [5.41, 5.74) is -0.104. The lowest BCUT2D eigenvalue weighted by molar-refractivity contribution is 0.586. The van der Waals surface area contributed by atoms with Gasteiger partial charge in [0.25, 0.3) is 0 Å². The number of amidine groups is 1. The molecule has 2 rings (SSSR count). The fraction of sp³-hybridized carbons (Fsp3) is 0.364. The lowest BCUT2D eigenvalue weighted by Gasteiger charge is -2.10. The maximum atomic E-state index is 13.5. The predicted octanol–water partition coefficient (Wildman–Crippen LogP) is 3.91. The largest absolute Gasteiger partial charge is 0.331 e. The number of nitrogens with zero attached hydrogens (tertiary/aromatic N) is 1. The van der Waals surface area contributed by atoms with Crippen LogP contribution in [-0.4, -0.2) is 16.5 Å². The third-order valence-corrected chi connectivity index (χ3v) is 3.82. The number of hydrogen-bond donors (Lipinski definition) is 1. The number of anilines is 1. The molecule has 0 atom stereocenters. The fourth-order valence-electron chi connectivity index (χ4n) is 1.42. The number of rotatable bonds is 1. The van der Waals surface area contributed by atoms with Crippen LogP contribution < -0.4 is 5.32 Å². The van der Waals surface area contributed by atoms with Crippen molar-refractivity contribution in [2.75, 3.05) is 11.1 Å². The van der Waals surface area contributed by atoms with Crippen molar-refractivity contribution in [2.45, 2.75) is 19.4 Å². The van der Waals surface area contributed by atoms with Crippen LogP contribution in [0.25, 0.3) is 0 Å². The van der Waals surface area contributed by atoms with Gasteiger partial charge in [-0.05, 0) is 19.9 Å². The van der Waals surface area contributed by atoms with Gasteiger partial charge in [-0.15, -0.1) is 0 Å². The van der Waals surface area contributed by atoms with Gasteiger partial charge in [0.1, 0.15) is 5.82 Å². The van der Waals surface area contributed by atoms with Gasteiger partial charge in [0.15, 0.2) is 11.0 Å². The molecular formula is C11H11ClF2N2S. The summed E-state index contributed by atoms with van der Waals surface area (Å²) in [6.45, 7) is 3.97. The topological polar surface area (TPSA) is 24.4 Å². The highest BCUT2D eigenvalue weighted by atomic mass is 35.5. The molecule has 6 heteroatoms. The Morgan fingerprint density at radius 3 is 2.65 bits per heavy atom. The monoisotopic (exact) mass is 276 g/mol. The van der Waals surface area contributed by atoms with E-state index in [9.17, 15) is 8.78 Å². The Balaban J connectivity index is 2.26. The minimum absolute atomic E-state index is 0.00973. The number of thioether (sulfide) groups is 1. The molecule has 0 fully saturated rings. The minimum Gasteiger partial charge on any atom is -0.331 e. The van der Waals surface area contributed by atoms with E-state index in [4.69, 9.17) is 11.6 Å². The predicted molar refractivity (Wildman–Crippen MR) is 69.0 cm³/mol. The van der Waals surface area contributed by atoms with Crippen molar-refractivity contribution in [3.8, 4) is 0 Å². The van der Waals surface area contributed by atoms with Gasteiger partial charge in [0.2, 0.25) is 0 Å². The summed E-state index contributed by atoms with van der Waals surface area (Å²) in [5, 5.41) is 3.41. The number of hydrogen-bond acceptors (Lipinski definition) is 3. The van der Waals surface area contributed by atoms with Crippen molar-refractivity contribution in [3.05, 3.63) is 28.8 Å². The molecule has 92 valence electrons. The Labute approximate surface area is 107 Å². The highest BCUT2D eigenvalue weighted by molar-refractivity contribution is 8.14. The van der Waals surface area contributed by atoms with E-state index in [0.29, 0.717) is 5.17 Å². The molecule has 1 heterocycles. The van der Waals surface area contributed by atoms with E-state index < -0.39 is 11.6 Å². The van der Waals surface area contributed by atoms with Gasteiger partial charge in [-0.25, -0.2) is 8.78 Å². The van der Waals surface area contributed by atoms with Crippen molar-refractivity contribution in [3.63, 3.8) is 0 Å². The quantitative estimate of drug-likeness (QED) is 0.841. The van der Waals surface area contributed by atoms with Crippen LogP contribution in [0.3, 0.4) is 0 Å². The lowest BCUT2D eigenvalue weighted by atomic mass is 10.1. The van der Waals surface area contributed by atoms with Crippen LogP contribution in [0, 0.1) is 11.6 Å². The molecule has 1 N–H and O–H groups in total. The molecule has 0 aliphatic carbocycles. The Kier molecular flexibility index (Phi) is 3.32. The Bertz CT molecular complexity index is 465. The van der Waals surface area contributed by atoms with Crippen LogP contribution in [0.1, 0.15) is 13.8 Å². The standard InChI is InChI=1S/C11H11ClF2N2S/c1-11(2)5-17-10(16-11)15-9-7(12)3-6(13)4-8(9)14/h3-4H,5H2,1-2H3,(H,15,16). The number of benzene rings is 1. The van der Waals surface area contributed by atoms with Gasteiger partial charge in [-0.1, -0.05) is 23.4 Å². The van der Waals surface area contributed by atoms with Crippen molar-refractivity contribution in [2.24, 2.45) is 4.99 Å². The molecule has 0 aromatic heterocycles. The number of halogens is 3. The van der Waals surface area contributed by atoms with Gasteiger partial charge in [-0.3, -0.25) is 4.99 Å². The maximum absolute atomic E-state index is 13.5. The zero-order chi connectivity index (χ0) is 12.6. The van der Waals surface area contributed by atoms with E-state index >= 15 is 0 Å². The molecule has 0 unspecified atom stereocenters.